The third-order valence-corrected chi connectivity index (χ3v) is 6.19. The van der Waals surface area contributed by atoms with E-state index in [4.69, 9.17) is 0 Å². The highest BCUT2D eigenvalue weighted by Crippen LogP contribution is 2.50. The van der Waals surface area contributed by atoms with Gasteiger partial charge in [0.1, 0.15) is 0 Å². The van der Waals surface area contributed by atoms with Crippen molar-refractivity contribution in [3.63, 3.8) is 0 Å². The van der Waals surface area contributed by atoms with E-state index >= 15 is 0 Å². The second-order valence-electron chi connectivity index (χ2n) is 7.48. The first-order valence-electron chi connectivity index (χ1n) is 9.23. The number of fused-ring (bicyclic) bond motifs is 6. The molecule has 0 spiro atoms. The lowest BCUT2D eigenvalue weighted by molar-refractivity contribution is 0.113. The monoisotopic (exact) mass is 325 g/mol. The Balaban J connectivity index is 1.78. The maximum Gasteiger partial charge on any atom is 0.0613 e. The minimum atomic E-state index is 0.344. The molecule has 3 aromatic rings. The van der Waals surface area contributed by atoms with E-state index in [1.54, 1.807) is 0 Å². The molecule has 124 valence electrons. The van der Waals surface area contributed by atoms with Crippen LogP contribution in [0.3, 0.4) is 0 Å². The summed E-state index contributed by atoms with van der Waals surface area (Å²) in [5.41, 5.74) is 8.81. The molecule has 2 bridgehead atoms. The van der Waals surface area contributed by atoms with Crippen molar-refractivity contribution in [1.29, 1.82) is 0 Å². The molecule has 0 fully saturated rings. The van der Waals surface area contributed by atoms with Crippen molar-refractivity contribution in [2.45, 2.75) is 38.4 Å². The summed E-state index contributed by atoms with van der Waals surface area (Å²) in [6, 6.07) is 27.8. The van der Waals surface area contributed by atoms with Gasteiger partial charge >= 0.3 is 0 Å². The molecule has 2 heterocycles. The number of hydrogen-bond acceptors (Lipinski definition) is 1. The summed E-state index contributed by atoms with van der Waals surface area (Å²) in [5, 5.41) is 0. The van der Waals surface area contributed by atoms with Crippen molar-refractivity contribution in [1.82, 2.24) is 4.90 Å². The van der Waals surface area contributed by atoms with Gasteiger partial charge in [0.2, 0.25) is 0 Å². The normalized spacial score (nSPS) is 26.6. The molecule has 0 N–H and O–H groups in total. The molecule has 5 rings (SSSR count). The van der Waals surface area contributed by atoms with Crippen LogP contribution in [0.2, 0.25) is 0 Å². The molecule has 0 aromatic heterocycles. The zero-order valence-corrected chi connectivity index (χ0v) is 14.8. The fraction of sp³-hybridized carbons (Fsp3) is 0.250. The van der Waals surface area contributed by atoms with Crippen LogP contribution in [0.15, 0.2) is 72.8 Å². The Morgan fingerprint density at radius 2 is 1.32 bits per heavy atom. The van der Waals surface area contributed by atoms with Gasteiger partial charge in [0, 0.05) is 18.5 Å². The Bertz CT molecular complexity index is 942. The molecule has 0 saturated carbocycles. The van der Waals surface area contributed by atoms with Gasteiger partial charge in [0.25, 0.3) is 0 Å². The van der Waals surface area contributed by atoms with Crippen LogP contribution in [0, 0.1) is 6.92 Å². The Labute approximate surface area is 149 Å². The maximum atomic E-state index is 2.71. The smallest absolute Gasteiger partial charge is 0.0613 e. The number of aryl methyl sites for hydroxylation is 1. The maximum absolute atomic E-state index is 2.71. The molecule has 2 aliphatic rings. The van der Waals surface area contributed by atoms with Crippen molar-refractivity contribution < 1.29 is 0 Å². The molecule has 4 atom stereocenters. The second-order valence-corrected chi connectivity index (χ2v) is 7.48. The highest BCUT2D eigenvalue weighted by molar-refractivity contribution is 5.52. The summed E-state index contributed by atoms with van der Waals surface area (Å²) >= 11 is 0. The molecular weight excluding hydrogens is 302 g/mol. The quantitative estimate of drug-likeness (QED) is 0.576. The summed E-state index contributed by atoms with van der Waals surface area (Å²) in [4.78, 5) is 2.71. The molecule has 1 nitrogen and oxygen atoms in total. The van der Waals surface area contributed by atoms with Crippen molar-refractivity contribution >= 4 is 0 Å². The SMILES string of the molecule is Cc1ccccc1[C@H]1c2ccccc2[C@@H]2c3ccccc3CN1[C@H]2C. The molecular formula is C24H23N. The lowest BCUT2D eigenvalue weighted by Gasteiger charge is -2.50. The average molecular weight is 325 g/mol. The highest BCUT2D eigenvalue weighted by atomic mass is 15.2. The van der Waals surface area contributed by atoms with Crippen LogP contribution >= 0.6 is 0 Å². The first-order valence-corrected chi connectivity index (χ1v) is 9.23. The second kappa shape index (κ2) is 5.57. The molecule has 3 aromatic carbocycles. The third kappa shape index (κ3) is 2.12. The highest BCUT2D eigenvalue weighted by Gasteiger charge is 2.43. The molecule has 1 heteroatoms. The first-order chi connectivity index (χ1) is 12.3. The predicted molar refractivity (Wildman–Crippen MR) is 103 cm³/mol. The minimum Gasteiger partial charge on any atom is -0.284 e. The van der Waals surface area contributed by atoms with E-state index in [2.05, 4.69) is 91.5 Å². The summed E-state index contributed by atoms with van der Waals surface area (Å²) in [5.74, 6) is 0.474. The van der Waals surface area contributed by atoms with Crippen LogP contribution in [0.25, 0.3) is 0 Å². The van der Waals surface area contributed by atoms with Crippen LogP contribution in [0.1, 0.15) is 52.3 Å². The number of rotatable bonds is 1. The summed E-state index contributed by atoms with van der Waals surface area (Å²) in [6.07, 6.45) is 0. The van der Waals surface area contributed by atoms with Gasteiger partial charge in [-0.2, -0.15) is 0 Å². The fourth-order valence-electron chi connectivity index (χ4n) is 4.99. The van der Waals surface area contributed by atoms with Gasteiger partial charge < -0.3 is 0 Å². The van der Waals surface area contributed by atoms with E-state index in [1.165, 1.54) is 33.4 Å². The fourth-order valence-corrected chi connectivity index (χ4v) is 4.99. The molecule has 0 radical (unpaired) electrons. The van der Waals surface area contributed by atoms with Gasteiger partial charge in [-0.3, -0.25) is 4.90 Å². The predicted octanol–water partition coefficient (Wildman–Crippen LogP) is 5.43. The summed E-state index contributed by atoms with van der Waals surface area (Å²) in [6.45, 7) is 5.68. The van der Waals surface area contributed by atoms with E-state index in [-0.39, 0.29) is 0 Å². The molecule has 2 aliphatic heterocycles. The molecule has 1 unspecified atom stereocenters. The van der Waals surface area contributed by atoms with Gasteiger partial charge in [-0.05, 0) is 47.2 Å². The van der Waals surface area contributed by atoms with E-state index in [1.807, 2.05) is 0 Å². The lowest BCUT2D eigenvalue weighted by atomic mass is 9.71. The largest absolute Gasteiger partial charge is 0.284 e. The van der Waals surface area contributed by atoms with Crippen molar-refractivity contribution in [2.75, 3.05) is 0 Å². The Morgan fingerprint density at radius 3 is 2.08 bits per heavy atom. The Hall–Kier alpha value is -2.38. The molecule has 25 heavy (non-hydrogen) atoms. The van der Waals surface area contributed by atoms with Crippen LogP contribution < -0.4 is 0 Å². The van der Waals surface area contributed by atoms with Crippen LogP contribution in [-0.4, -0.2) is 10.9 Å². The summed E-state index contributed by atoms with van der Waals surface area (Å²) in [7, 11) is 0. The molecule has 0 saturated heterocycles. The lowest BCUT2D eigenvalue weighted by Crippen LogP contribution is -2.48. The van der Waals surface area contributed by atoms with Gasteiger partial charge in [-0.1, -0.05) is 72.8 Å². The standard InChI is InChI=1S/C24H23N/c1-16-9-3-5-11-19(16)24-22-14-8-7-13-21(22)23-17(2)25(24)15-18-10-4-6-12-20(18)23/h3-14,17,23-24H,15H2,1-2H3/t17-,23-,24-/m0/s1. The topological polar surface area (TPSA) is 3.24 Å². The van der Waals surface area contributed by atoms with E-state index in [0.717, 1.165) is 6.54 Å². The molecule has 0 aliphatic carbocycles. The van der Waals surface area contributed by atoms with Crippen molar-refractivity contribution in [3.8, 4) is 0 Å². The average Bonchev–Trinajstić information content (AvgIpc) is 2.63. The third-order valence-electron chi connectivity index (χ3n) is 6.19. The van der Waals surface area contributed by atoms with Crippen LogP contribution in [0.5, 0.6) is 0 Å². The number of benzene rings is 3. The summed E-state index contributed by atoms with van der Waals surface area (Å²) < 4.78 is 0. The van der Waals surface area contributed by atoms with Crippen molar-refractivity contribution in [3.05, 3.63) is 106 Å². The van der Waals surface area contributed by atoms with Gasteiger partial charge in [-0.15, -0.1) is 0 Å². The van der Waals surface area contributed by atoms with E-state index in [0.29, 0.717) is 18.0 Å². The first kappa shape index (κ1) is 14.9. The zero-order valence-electron chi connectivity index (χ0n) is 14.8. The van der Waals surface area contributed by atoms with Gasteiger partial charge in [0.05, 0.1) is 6.04 Å². The molecule has 0 amide bonds. The van der Waals surface area contributed by atoms with Crippen LogP contribution in [-0.2, 0) is 6.54 Å². The van der Waals surface area contributed by atoms with E-state index in [9.17, 15) is 0 Å². The Morgan fingerprint density at radius 1 is 0.720 bits per heavy atom. The number of nitrogens with zero attached hydrogens (tertiary/aromatic N) is 1. The zero-order chi connectivity index (χ0) is 17.0. The van der Waals surface area contributed by atoms with Crippen LogP contribution in [0.4, 0.5) is 0 Å². The minimum absolute atomic E-state index is 0.344. The number of hydrogen-bond donors (Lipinski definition) is 0. The Kier molecular flexibility index (Phi) is 3.33. The van der Waals surface area contributed by atoms with E-state index < -0.39 is 0 Å². The van der Waals surface area contributed by atoms with Crippen molar-refractivity contribution in [2.24, 2.45) is 0 Å². The van der Waals surface area contributed by atoms with Gasteiger partial charge in [-0.25, -0.2) is 0 Å². The van der Waals surface area contributed by atoms with Gasteiger partial charge in [0.15, 0.2) is 0 Å².